The number of aryl methyl sites for hydroxylation is 1. The fourth-order valence-electron chi connectivity index (χ4n) is 5.44. The summed E-state index contributed by atoms with van der Waals surface area (Å²) in [4.78, 5) is 29.7. The number of fused-ring (bicyclic) bond motifs is 9. The Hall–Kier alpha value is -3.60. The van der Waals surface area contributed by atoms with E-state index in [1.54, 1.807) is 11.6 Å². The van der Waals surface area contributed by atoms with E-state index < -0.39 is 5.60 Å². The average molecular weight is 410 g/mol. The van der Waals surface area contributed by atoms with Gasteiger partial charge in [-0.25, -0.2) is 0 Å². The number of benzene rings is 2. The molecule has 0 radical (unpaired) electrons. The smallest absolute Gasteiger partial charge is 0.258 e. The van der Waals surface area contributed by atoms with Crippen molar-refractivity contribution < 1.29 is 4.74 Å². The van der Waals surface area contributed by atoms with Crippen molar-refractivity contribution in [2.75, 3.05) is 0 Å². The second kappa shape index (κ2) is 5.97. The Morgan fingerprint density at radius 3 is 2.48 bits per heavy atom. The van der Waals surface area contributed by atoms with Crippen LogP contribution in [0.2, 0.25) is 0 Å². The Morgan fingerprint density at radius 2 is 1.68 bits per heavy atom. The number of H-pyrrole nitrogens is 1. The lowest BCUT2D eigenvalue weighted by molar-refractivity contribution is 0.0403. The summed E-state index contributed by atoms with van der Waals surface area (Å²) in [5.41, 5.74) is 3.03. The minimum absolute atomic E-state index is 0.0496. The van der Waals surface area contributed by atoms with E-state index in [-0.39, 0.29) is 23.0 Å². The zero-order chi connectivity index (χ0) is 21.5. The predicted molar refractivity (Wildman–Crippen MR) is 123 cm³/mol. The molecule has 5 heteroatoms. The van der Waals surface area contributed by atoms with Crippen LogP contribution in [0.3, 0.4) is 0 Å². The Balaban J connectivity index is 1.81. The highest BCUT2D eigenvalue weighted by Gasteiger charge is 2.48. The summed E-state index contributed by atoms with van der Waals surface area (Å²) in [5.74, 6) is 0.271. The molecular formula is C26H22N2O3. The fourth-order valence-corrected chi connectivity index (χ4v) is 5.44. The number of hydrogen-bond donors (Lipinski definition) is 1. The maximum atomic E-state index is 13.4. The van der Waals surface area contributed by atoms with Crippen molar-refractivity contribution in [3.05, 3.63) is 92.0 Å². The summed E-state index contributed by atoms with van der Waals surface area (Å²) in [5, 5.41) is 1.88. The molecule has 2 unspecified atom stereocenters. The fraction of sp³-hybridized carbons (Fsp3) is 0.231. The van der Waals surface area contributed by atoms with Gasteiger partial charge in [-0.3, -0.25) is 9.59 Å². The SMILES string of the molecule is Cn1c(=O)c2c(c3ccccc31)C1c3c(c4ccccc4[nH]c3=O)OC(C)(C)C1C=C2. The molecule has 0 amide bonds. The van der Waals surface area contributed by atoms with Gasteiger partial charge in [0.1, 0.15) is 11.4 Å². The molecule has 0 saturated heterocycles. The lowest BCUT2D eigenvalue weighted by Gasteiger charge is -2.45. The van der Waals surface area contributed by atoms with E-state index in [4.69, 9.17) is 4.74 Å². The second-order valence-electron chi connectivity index (χ2n) is 9.02. The van der Waals surface area contributed by atoms with Gasteiger partial charge in [0.25, 0.3) is 11.1 Å². The normalized spacial score (nSPS) is 20.7. The number of nitrogens with one attached hydrogen (secondary N) is 1. The van der Waals surface area contributed by atoms with Gasteiger partial charge in [0.2, 0.25) is 0 Å². The van der Waals surface area contributed by atoms with Crippen LogP contribution in [0.4, 0.5) is 0 Å². The van der Waals surface area contributed by atoms with Crippen LogP contribution in [0.15, 0.2) is 64.2 Å². The van der Waals surface area contributed by atoms with Gasteiger partial charge in [-0.05, 0) is 37.6 Å². The van der Waals surface area contributed by atoms with E-state index in [0.29, 0.717) is 16.9 Å². The molecule has 31 heavy (non-hydrogen) atoms. The monoisotopic (exact) mass is 410 g/mol. The third-order valence-electron chi connectivity index (χ3n) is 6.91. The number of ether oxygens (including phenoxy) is 1. The van der Waals surface area contributed by atoms with E-state index in [9.17, 15) is 9.59 Å². The number of para-hydroxylation sites is 2. The van der Waals surface area contributed by atoms with Crippen LogP contribution in [-0.4, -0.2) is 15.2 Å². The maximum absolute atomic E-state index is 13.4. The molecule has 0 saturated carbocycles. The quantitative estimate of drug-likeness (QED) is 0.469. The van der Waals surface area contributed by atoms with Gasteiger partial charge in [-0.2, -0.15) is 0 Å². The van der Waals surface area contributed by atoms with E-state index in [2.05, 4.69) is 18.8 Å². The van der Waals surface area contributed by atoms with Crippen molar-refractivity contribution in [1.82, 2.24) is 9.55 Å². The van der Waals surface area contributed by atoms with E-state index >= 15 is 0 Å². The molecule has 1 aliphatic carbocycles. The van der Waals surface area contributed by atoms with Crippen LogP contribution in [0.5, 0.6) is 5.75 Å². The van der Waals surface area contributed by atoms with Crippen LogP contribution in [-0.2, 0) is 7.05 Å². The molecule has 0 spiro atoms. The van der Waals surface area contributed by atoms with E-state index in [1.807, 2.05) is 60.7 Å². The van der Waals surface area contributed by atoms with Gasteiger partial charge in [0.05, 0.1) is 16.6 Å². The number of pyridine rings is 2. The van der Waals surface area contributed by atoms with Gasteiger partial charge in [0, 0.05) is 35.2 Å². The van der Waals surface area contributed by atoms with Crippen molar-refractivity contribution in [3.8, 4) is 5.75 Å². The van der Waals surface area contributed by atoms with Gasteiger partial charge < -0.3 is 14.3 Å². The molecule has 0 bridgehead atoms. The van der Waals surface area contributed by atoms with Crippen molar-refractivity contribution in [2.45, 2.75) is 25.4 Å². The summed E-state index contributed by atoms with van der Waals surface area (Å²) < 4.78 is 8.20. The molecule has 4 aromatic rings. The van der Waals surface area contributed by atoms with Crippen molar-refractivity contribution in [1.29, 1.82) is 0 Å². The first kappa shape index (κ1) is 18.2. The van der Waals surface area contributed by atoms with E-state index in [0.717, 1.165) is 27.4 Å². The summed E-state index contributed by atoms with van der Waals surface area (Å²) in [6.45, 7) is 4.12. The van der Waals surface area contributed by atoms with Crippen LogP contribution in [0.1, 0.15) is 36.5 Å². The highest BCUT2D eigenvalue weighted by atomic mass is 16.5. The zero-order valence-corrected chi connectivity index (χ0v) is 17.6. The molecule has 1 aliphatic heterocycles. The number of aromatic nitrogens is 2. The first-order valence-electron chi connectivity index (χ1n) is 10.5. The standard InChI is InChI=1S/C26H22N2O3/c1-26(2)17-13-12-16-20(15-9-5-7-11-19(15)28(3)25(16)30)21(17)22-23(31-26)14-8-4-6-10-18(14)27-24(22)29/h4-13,17,21H,1-3H3,(H,27,29). The third-order valence-corrected chi connectivity index (χ3v) is 6.91. The highest BCUT2D eigenvalue weighted by Crippen LogP contribution is 2.52. The van der Waals surface area contributed by atoms with Gasteiger partial charge in [-0.15, -0.1) is 0 Å². The largest absolute Gasteiger partial charge is 0.486 e. The van der Waals surface area contributed by atoms with E-state index in [1.165, 1.54) is 0 Å². The molecule has 3 heterocycles. The lowest BCUT2D eigenvalue weighted by atomic mass is 9.67. The summed E-state index contributed by atoms with van der Waals surface area (Å²) in [7, 11) is 1.80. The second-order valence-corrected chi connectivity index (χ2v) is 9.02. The predicted octanol–water partition coefficient (Wildman–Crippen LogP) is 4.33. The van der Waals surface area contributed by atoms with Crippen molar-refractivity contribution in [2.24, 2.45) is 13.0 Å². The molecule has 6 rings (SSSR count). The molecule has 2 aliphatic rings. The van der Waals surface area contributed by atoms with Gasteiger partial charge >= 0.3 is 0 Å². The molecular weight excluding hydrogens is 388 g/mol. The van der Waals surface area contributed by atoms with Gasteiger partial charge in [-0.1, -0.05) is 42.5 Å². The molecule has 2 aromatic carbocycles. The number of hydrogen-bond acceptors (Lipinski definition) is 3. The number of aromatic amines is 1. The van der Waals surface area contributed by atoms with Crippen LogP contribution >= 0.6 is 0 Å². The first-order chi connectivity index (χ1) is 14.9. The molecule has 5 nitrogen and oxygen atoms in total. The Bertz CT molecular complexity index is 1560. The Morgan fingerprint density at radius 1 is 0.968 bits per heavy atom. The Labute approximate surface area is 178 Å². The molecule has 154 valence electrons. The minimum Gasteiger partial charge on any atom is -0.486 e. The number of rotatable bonds is 0. The van der Waals surface area contributed by atoms with Crippen LogP contribution in [0.25, 0.3) is 27.9 Å². The zero-order valence-electron chi connectivity index (χ0n) is 17.6. The number of nitrogens with zero attached hydrogens (tertiary/aromatic N) is 1. The molecule has 0 fully saturated rings. The van der Waals surface area contributed by atoms with Gasteiger partial charge in [0.15, 0.2) is 0 Å². The maximum Gasteiger partial charge on any atom is 0.258 e. The minimum atomic E-state index is -0.551. The highest BCUT2D eigenvalue weighted by molar-refractivity contribution is 5.91. The van der Waals surface area contributed by atoms with Crippen LogP contribution < -0.4 is 15.9 Å². The first-order valence-corrected chi connectivity index (χ1v) is 10.5. The summed E-state index contributed by atoms with van der Waals surface area (Å²) in [6.07, 6.45) is 3.96. The summed E-state index contributed by atoms with van der Waals surface area (Å²) >= 11 is 0. The van der Waals surface area contributed by atoms with Crippen LogP contribution in [0, 0.1) is 5.92 Å². The molecule has 2 aromatic heterocycles. The van der Waals surface area contributed by atoms with Crippen molar-refractivity contribution in [3.63, 3.8) is 0 Å². The van der Waals surface area contributed by atoms with Crippen molar-refractivity contribution >= 4 is 27.9 Å². The molecule has 1 N–H and O–H groups in total. The Kier molecular flexibility index (Phi) is 3.51. The lowest BCUT2D eigenvalue weighted by Crippen LogP contribution is -2.47. The molecule has 2 atom stereocenters. The average Bonchev–Trinajstić information content (AvgIpc) is 2.76. The topological polar surface area (TPSA) is 64.1 Å². The third kappa shape index (κ3) is 2.31. The summed E-state index contributed by atoms with van der Waals surface area (Å²) in [6, 6.07) is 15.6.